The summed E-state index contributed by atoms with van der Waals surface area (Å²) in [4.78, 5) is 25.7. The average molecular weight is 382 g/mol. The first-order chi connectivity index (χ1) is 14.1. The molecule has 0 spiro atoms. The van der Waals surface area contributed by atoms with Gasteiger partial charge in [-0.2, -0.15) is 0 Å². The number of para-hydroxylation sites is 1. The monoisotopic (exact) mass is 382 g/mol. The maximum absolute atomic E-state index is 12.9. The Morgan fingerprint density at radius 3 is 2.38 bits per heavy atom. The van der Waals surface area contributed by atoms with E-state index >= 15 is 0 Å². The van der Waals surface area contributed by atoms with Crippen LogP contribution in [-0.4, -0.2) is 10.5 Å². The fourth-order valence-corrected chi connectivity index (χ4v) is 3.55. The Morgan fingerprint density at radius 1 is 0.862 bits per heavy atom. The van der Waals surface area contributed by atoms with Gasteiger partial charge in [0.15, 0.2) is 0 Å². The molecule has 0 saturated carbocycles. The van der Waals surface area contributed by atoms with Crippen LogP contribution in [0.4, 0.5) is 0 Å². The molecule has 4 aromatic rings. The van der Waals surface area contributed by atoms with Crippen molar-refractivity contribution in [3.63, 3.8) is 0 Å². The summed E-state index contributed by atoms with van der Waals surface area (Å²) in [6.07, 6.45) is 0. The van der Waals surface area contributed by atoms with E-state index in [0.717, 1.165) is 27.6 Å². The summed E-state index contributed by atoms with van der Waals surface area (Å²) in [6, 6.07) is 26.8. The predicted octanol–water partition coefficient (Wildman–Crippen LogP) is 4.29. The fraction of sp³-hybridized carbons (Fsp3) is 0.120. The van der Waals surface area contributed by atoms with Gasteiger partial charge in [-0.25, -0.2) is 0 Å². The molecule has 4 heteroatoms. The van der Waals surface area contributed by atoms with E-state index in [-0.39, 0.29) is 11.5 Å². The number of carbonyl (C=O) groups is 1. The van der Waals surface area contributed by atoms with Gasteiger partial charge in [-0.05, 0) is 24.1 Å². The summed E-state index contributed by atoms with van der Waals surface area (Å²) in [5.41, 5.74) is 4.19. The van der Waals surface area contributed by atoms with Crippen LogP contribution < -0.4 is 10.9 Å². The molecule has 0 saturated heterocycles. The van der Waals surface area contributed by atoms with E-state index in [1.807, 2.05) is 79.7 Å². The zero-order valence-electron chi connectivity index (χ0n) is 16.3. The van der Waals surface area contributed by atoms with Gasteiger partial charge in [-0.1, -0.05) is 78.4 Å². The Hall–Kier alpha value is -3.66. The maximum atomic E-state index is 12.9. The molecule has 0 unspecified atom stereocenters. The zero-order valence-corrected chi connectivity index (χ0v) is 16.3. The van der Waals surface area contributed by atoms with E-state index in [9.17, 15) is 9.59 Å². The standard InChI is InChI=1S/C25H22N2O2/c1-18-8-7-11-20(14-18)17-27-23-13-6-5-12-21(23)22(15-24(27)28)25(29)26-16-19-9-3-2-4-10-19/h2-15H,16-17H2,1H3,(H,26,29). The van der Waals surface area contributed by atoms with Gasteiger partial charge >= 0.3 is 0 Å². The van der Waals surface area contributed by atoms with Gasteiger partial charge in [0.2, 0.25) is 0 Å². The quantitative estimate of drug-likeness (QED) is 0.560. The summed E-state index contributed by atoms with van der Waals surface area (Å²) < 4.78 is 1.72. The third-order valence-corrected chi connectivity index (χ3v) is 4.98. The lowest BCUT2D eigenvalue weighted by molar-refractivity contribution is 0.0952. The second-order valence-corrected chi connectivity index (χ2v) is 7.16. The number of carbonyl (C=O) groups excluding carboxylic acids is 1. The topological polar surface area (TPSA) is 51.1 Å². The third-order valence-electron chi connectivity index (χ3n) is 4.98. The number of hydrogen-bond acceptors (Lipinski definition) is 2. The first-order valence-electron chi connectivity index (χ1n) is 9.62. The number of rotatable bonds is 5. The Balaban J connectivity index is 1.69. The van der Waals surface area contributed by atoms with Crippen LogP contribution in [0.5, 0.6) is 0 Å². The number of pyridine rings is 1. The minimum Gasteiger partial charge on any atom is -0.348 e. The summed E-state index contributed by atoms with van der Waals surface area (Å²) in [5, 5.41) is 3.69. The van der Waals surface area contributed by atoms with Crippen molar-refractivity contribution < 1.29 is 4.79 Å². The summed E-state index contributed by atoms with van der Waals surface area (Å²) >= 11 is 0. The van der Waals surface area contributed by atoms with E-state index < -0.39 is 0 Å². The van der Waals surface area contributed by atoms with Crippen LogP contribution in [0.1, 0.15) is 27.0 Å². The molecule has 4 rings (SSSR count). The van der Waals surface area contributed by atoms with Crippen LogP contribution >= 0.6 is 0 Å². The second kappa shape index (κ2) is 8.15. The zero-order chi connectivity index (χ0) is 20.2. The second-order valence-electron chi connectivity index (χ2n) is 7.16. The highest BCUT2D eigenvalue weighted by atomic mass is 16.2. The number of nitrogens with one attached hydrogen (secondary N) is 1. The molecule has 4 nitrogen and oxygen atoms in total. The highest BCUT2D eigenvalue weighted by Crippen LogP contribution is 2.18. The molecule has 0 atom stereocenters. The van der Waals surface area contributed by atoms with Crippen molar-refractivity contribution in [3.05, 3.63) is 118 Å². The van der Waals surface area contributed by atoms with Gasteiger partial charge in [0, 0.05) is 18.0 Å². The van der Waals surface area contributed by atoms with Crippen molar-refractivity contribution in [1.29, 1.82) is 0 Å². The van der Waals surface area contributed by atoms with Crippen molar-refractivity contribution in [2.75, 3.05) is 0 Å². The number of fused-ring (bicyclic) bond motifs is 1. The number of aromatic nitrogens is 1. The fourth-order valence-electron chi connectivity index (χ4n) is 3.55. The van der Waals surface area contributed by atoms with E-state index in [2.05, 4.69) is 11.4 Å². The molecule has 1 heterocycles. The summed E-state index contributed by atoms with van der Waals surface area (Å²) in [6.45, 7) is 2.91. The number of hydrogen-bond donors (Lipinski definition) is 1. The molecule has 3 aromatic carbocycles. The van der Waals surface area contributed by atoms with Crippen molar-refractivity contribution in [1.82, 2.24) is 9.88 Å². The molecule has 0 aliphatic carbocycles. The minimum absolute atomic E-state index is 0.185. The molecular weight excluding hydrogens is 360 g/mol. The van der Waals surface area contributed by atoms with Crippen LogP contribution in [0.3, 0.4) is 0 Å². The highest BCUT2D eigenvalue weighted by molar-refractivity contribution is 6.06. The minimum atomic E-state index is -0.246. The van der Waals surface area contributed by atoms with Gasteiger partial charge < -0.3 is 9.88 Å². The largest absolute Gasteiger partial charge is 0.348 e. The third kappa shape index (κ3) is 4.11. The SMILES string of the molecule is Cc1cccc(Cn2c(=O)cc(C(=O)NCc3ccccc3)c3ccccc32)c1. The van der Waals surface area contributed by atoms with Gasteiger partial charge in [-0.15, -0.1) is 0 Å². The van der Waals surface area contributed by atoms with Crippen molar-refractivity contribution >= 4 is 16.8 Å². The molecule has 1 N–H and O–H groups in total. The first-order valence-corrected chi connectivity index (χ1v) is 9.62. The molecule has 1 amide bonds. The van der Waals surface area contributed by atoms with Crippen LogP contribution in [0, 0.1) is 6.92 Å². The van der Waals surface area contributed by atoms with Crippen molar-refractivity contribution in [2.45, 2.75) is 20.0 Å². The number of benzene rings is 3. The van der Waals surface area contributed by atoms with Gasteiger partial charge in [0.25, 0.3) is 11.5 Å². The lowest BCUT2D eigenvalue weighted by atomic mass is 10.1. The number of nitrogens with zero attached hydrogens (tertiary/aromatic N) is 1. The van der Waals surface area contributed by atoms with Crippen LogP contribution in [0.25, 0.3) is 10.9 Å². The molecule has 0 aliphatic rings. The number of amides is 1. The lowest BCUT2D eigenvalue weighted by Crippen LogP contribution is -2.27. The van der Waals surface area contributed by atoms with Gasteiger partial charge in [-0.3, -0.25) is 9.59 Å². The summed E-state index contributed by atoms with van der Waals surface area (Å²) in [7, 11) is 0. The van der Waals surface area contributed by atoms with Crippen LogP contribution in [-0.2, 0) is 13.1 Å². The molecule has 144 valence electrons. The predicted molar refractivity (Wildman–Crippen MR) is 116 cm³/mol. The molecule has 1 aromatic heterocycles. The molecule has 0 fully saturated rings. The highest BCUT2D eigenvalue weighted by Gasteiger charge is 2.14. The van der Waals surface area contributed by atoms with Crippen LogP contribution in [0.15, 0.2) is 89.7 Å². The Kier molecular flexibility index (Phi) is 5.25. The van der Waals surface area contributed by atoms with Crippen LogP contribution in [0.2, 0.25) is 0 Å². The average Bonchev–Trinajstić information content (AvgIpc) is 2.74. The normalized spacial score (nSPS) is 10.8. The van der Waals surface area contributed by atoms with Gasteiger partial charge in [0.1, 0.15) is 0 Å². The summed E-state index contributed by atoms with van der Waals surface area (Å²) in [5.74, 6) is -0.246. The lowest BCUT2D eigenvalue weighted by Gasteiger charge is -2.14. The van der Waals surface area contributed by atoms with E-state index in [1.165, 1.54) is 6.07 Å². The van der Waals surface area contributed by atoms with Crippen molar-refractivity contribution in [2.24, 2.45) is 0 Å². The first kappa shape index (κ1) is 18.7. The number of aryl methyl sites for hydroxylation is 1. The molecule has 0 aliphatic heterocycles. The maximum Gasteiger partial charge on any atom is 0.252 e. The van der Waals surface area contributed by atoms with E-state index in [1.54, 1.807) is 4.57 Å². The molecule has 29 heavy (non-hydrogen) atoms. The Labute approximate surface area is 169 Å². The van der Waals surface area contributed by atoms with Gasteiger partial charge in [0.05, 0.1) is 17.6 Å². The molecule has 0 radical (unpaired) electrons. The molecule has 0 bridgehead atoms. The Morgan fingerprint density at radius 2 is 1.59 bits per heavy atom. The molecular formula is C25H22N2O2. The smallest absolute Gasteiger partial charge is 0.252 e. The van der Waals surface area contributed by atoms with E-state index in [0.29, 0.717) is 18.7 Å². The van der Waals surface area contributed by atoms with Crippen molar-refractivity contribution in [3.8, 4) is 0 Å². The van der Waals surface area contributed by atoms with E-state index in [4.69, 9.17) is 0 Å². The Bertz CT molecular complexity index is 1230.